The van der Waals surface area contributed by atoms with Crippen molar-refractivity contribution in [3.63, 3.8) is 0 Å². The molecule has 20 heavy (non-hydrogen) atoms. The number of aliphatic hydroxyl groups excluding tert-OH is 1. The van der Waals surface area contributed by atoms with Crippen LogP contribution in [0.1, 0.15) is 68.9 Å². The summed E-state index contributed by atoms with van der Waals surface area (Å²) in [6.07, 6.45) is 9.80. The molecule has 1 aromatic rings. The van der Waals surface area contributed by atoms with Crippen molar-refractivity contribution in [3.05, 3.63) is 35.4 Å². The van der Waals surface area contributed by atoms with Gasteiger partial charge in [-0.3, -0.25) is 0 Å². The summed E-state index contributed by atoms with van der Waals surface area (Å²) in [7, 11) is 0. The standard InChI is InChI=1S/C19H28O/c1-14-6-4-10-17(12-14)19(20)13-16-9-5-8-15-7-2-3-11-18(15)16/h2-3,7,11,14,16-17,19-20H,4-6,8-10,12-13H2,1H3. The van der Waals surface area contributed by atoms with Gasteiger partial charge in [-0.25, -0.2) is 0 Å². The van der Waals surface area contributed by atoms with E-state index in [0.717, 1.165) is 12.3 Å². The Bertz CT molecular complexity index is 439. The fraction of sp³-hybridized carbons (Fsp3) is 0.684. The van der Waals surface area contributed by atoms with E-state index in [4.69, 9.17) is 0 Å². The molecular formula is C19H28O. The fourth-order valence-electron chi connectivity index (χ4n) is 4.41. The molecule has 0 aromatic heterocycles. The van der Waals surface area contributed by atoms with Gasteiger partial charge in [0, 0.05) is 0 Å². The number of benzene rings is 1. The van der Waals surface area contributed by atoms with Crippen molar-refractivity contribution >= 4 is 0 Å². The lowest BCUT2D eigenvalue weighted by molar-refractivity contribution is 0.0575. The van der Waals surface area contributed by atoms with E-state index < -0.39 is 0 Å². The Morgan fingerprint density at radius 2 is 2.00 bits per heavy atom. The highest BCUT2D eigenvalue weighted by Gasteiger charge is 2.29. The van der Waals surface area contributed by atoms with Gasteiger partial charge in [0.2, 0.25) is 0 Å². The molecule has 4 atom stereocenters. The second-order valence-electron chi connectivity index (χ2n) is 7.12. The van der Waals surface area contributed by atoms with Crippen LogP contribution in [0.2, 0.25) is 0 Å². The van der Waals surface area contributed by atoms with Gasteiger partial charge in [0.25, 0.3) is 0 Å². The van der Waals surface area contributed by atoms with Gasteiger partial charge in [0.05, 0.1) is 6.10 Å². The van der Waals surface area contributed by atoms with E-state index in [2.05, 4.69) is 31.2 Å². The number of fused-ring (bicyclic) bond motifs is 1. The van der Waals surface area contributed by atoms with Crippen LogP contribution < -0.4 is 0 Å². The molecule has 2 aliphatic rings. The summed E-state index contributed by atoms with van der Waals surface area (Å²) in [6, 6.07) is 8.87. The number of aliphatic hydroxyl groups is 1. The summed E-state index contributed by atoms with van der Waals surface area (Å²) in [5.74, 6) is 1.95. The molecule has 0 amide bonds. The zero-order valence-electron chi connectivity index (χ0n) is 12.7. The van der Waals surface area contributed by atoms with Crippen molar-refractivity contribution in [2.75, 3.05) is 0 Å². The first-order valence-electron chi connectivity index (χ1n) is 8.50. The molecule has 0 bridgehead atoms. The minimum atomic E-state index is -0.0890. The minimum Gasteiger partial charge on any atom is -0.393 e. The molecule has 1 heteroatoms. The zero-order chi connectivity index (χ0) is 13.9. The largest absolute Gasteiger partial charge is 0.393 e. The van der Waals surface area contributed by atoms with Gasteiger partial charge in [-0.1, -0.05) is 44.0 Å². The van der Waals surface area contributed by atoms with Gasteiger partial charge < -0.3 is 5.11 Å². The quantitative estimate of drug-likeness (QED) is 0.846. The molecule has 3 rings (SSSR count). The van der Waals surface area contributed by atoms with Crippen molar-refractivity contribution in [1.29, 1.82) is 0 Å². The van der Waals surface area contributed by atoms with Gasteiger partial charge >= 0.3 is 0 Å². The van der Waals surface area contributed by atoms with E-state index in [0.29, 0.717) is 11.8 Å². The Hall–Kier alpha value is -0.820. The highest BCUT2D eigenvalue weighted by Crippen LogP contribution is 2.38. The van der Waals surface area contributed by atoms with Crippen LogP contribution in [0.5, 0.6) is 0 Å². The minimum absolute atomic E-state index is 0.0890. The summed E-state index contributed by atoms with van der Waals surface area (Å²) in [5, 5.41) is 10.7. The Morgan fingerprint density at radius 3 is 2.85 bits per heavy atom. The van der Waals surface area contributed by atoms with Crippen LogP contribution in [0.4, 0.5) is 0 Å². The first kappa shape index (κ1) is 14.1. The number of rotatable bonds is 3. The first-order chi connectivity index (χ1) is 9.74. The second-order valence-corrected chi connectivity index (χ2v) is 7.12. The van der Waals surface area contributed by atoms with E-state index in [-0.39, 0.29) is 6.10 Å². The number of aryl methyl sites for hydroxylation is 1. The van der Waals surface area contributed by atoms with Crippen molar-refractivity contribution in [2.45, 2.75) is 70.3 Å². The van der Waals surface area contributed by atoms with Crippen molar-refractivity contribution < 1.29 is 5.11 Å². The van der Waals surface area contributed by atoms with E-state index >= 15 is 0 Å². The molecule has 0 aliphatic heterocycles. The lowest BCUT2D eigenvalue weighted by Gasteiger charge is -2.34. The molecule has 1 N–H and O–H groups in total. The average Bonchev–Trinajstić information content (AvgIpc) is 2.47. The van der Waals surface area contributed by atoms with E-state index in [1.165, 1.54) is 56.1 Å². The maximum absolute atomic E-state index is 10.7. The molecule has 1 aromatic carbocycles. The molecule has 1 nitrogen and oxygen atoms in total. The SMILES string of the molecule is CC1CCCC(C(O)CC2CCCc3ccccc32)C1. The van der Waals surface area contributed by atoms with Crippen LogP contribution >= 0.6 is 0 Å². The average molecular weight is 272 g/mol. The molecule has 0 heterocycles. The molecular weight excluding hydrogens is 244 g/mol. The summed E-state index contributed by atoms with van der Waals surface area (Å²) in [6.45, 7) is 2.34. The van der Waals surface area contributed by atoms with Gasteiger partial charge in [-0.15, -0.1) is 0 Å². The molecule has 0 saturated heterocycles. The highest BCUT2D eigenvalue weighted by atomic mass is 16.3. The lowest BCUT2D eigenvalue weighted by atomic mass is 9.74. The van der Waals surface area contributed by atoms with Crippen molar-refractivity contribution in [1.82, 2.24) is 0 Å². The smallest absolute Gasteiger partial charge is 0.0574 e. The summed E-state index contributed by atoms with van der Waals surface area (Å²) in [5.41, 5.74) is 3.04. The third-order valence-electron chi connectivity index (χ3n) is 5.54. The van der Waals surface area contributed by atoms with Crippen molar-refractivity contribution in [2.24, 2.45) is 11.8 Å². The maximum atomic E-state index is 10.7. The summed E-state index contributed by atoms with van der Waals surface area (Å²) in [4.78, 5) is 0. The number of hydrogen-bond acceptors (Lipinski definition) is 1. The summed E-state index contributed by atoms with van der Waals surface area (Å²) < 4.78 is 0. The Kier molecular flexibility index (Phi) is 4.45. The zero-order valence-corrected chi connectivity index (χ0v) is 12.7. The van der Waals surface area contributed by atoms with Crippen LogP contribution in [0.25, 0.3) is 0 Å². The predicted octanol–water partition coefficient (Wildman–Crippen LogP) is 4.68. The van der Waals surface area contributed by atoms with Gasteiger partial charge in [0.15, 0.2) is 0 Å². The van der Waals surface area contributed by atoms with Crippen LogP contribution in [0.15, 0.2) is 24.3 Å². The monoisotopic (exact) mass is 272 g/mol. The number of hydrogen-bond donors (Lipinski definition) is 1. The molecule has 1 saturated carbocycles. The third-order valence-corrected chi connectivity index (χ3v) is 5.54. The summed E-state index contributed by atoms with van der Waals surface area (Å²) >= 11 is 0. The van der Waals surface area contributed by atoms with Crippen LogP contribution in [0.3, 0.4) is 0 Å². The molecule has 1 fully saturated rings. The van der Waals surface area contributed by atoms with E-state index in [1.807, 2.05) is 0 Å². The normalized spacial score (nSPS) is 31.6. The third kappa shape index (κ3) is 3.09. The Morgan fingerprint density at radius 1 is 1.15 bits per heavy atom. The topological polar surface area (TPSA) is 20.2 Å². The van der Waals surface area contributed by atoms with Gasteiger partial charge in [0.1, 0.15) is 0 Å². The van der Waals surface area contributed by atoms with Crippen LogP contribution in [0, 0.1) is 11.8 Å². The van der Waals surface area contributed by atoms with E-state index in [1.54, 1.807) is 0 Å². The second kappa shape index (κ2) is 6.30. The van der Waals surface area contributed by atoms with Gasteiger partial charge in [-0.05, 0) is 67.4 Å². The molecule has 0 radical (unpaired) electrons. The molecule has 4 unspecified atom stereocenters. The first-order valence-corrected chi connectivity index (χ1v) is 8.50. The Balaban J connectivity index is 1.66. The predicted molar refractivity (Wildman–Crippen MR) is 83.9 cm³/mol. The lowest BCUT2D eigenvalue weighted by Crippen LogP contribution is -2.28. The highest BCUT2D eigenvalue weighted by molar-refractivity contribution is 5.32. The maximum Gasteiger partial charge on any atom is 0.0574 e. The van der Waals surface area contributed by atoms with E-state index in [9.17, 15) is 5.11 Å². The van der Waals surface area contributed by atoms with Crippen LogP contribution in [-0.4, -0.2) is 11.2 Å². The molecule has 0 spiro atoms. The molecule has 110 valence electrons. The molecule has 2 aliphatic carbocycles. The Labute approximate surface area is 123 Å². The van der Waals surface area contributed by atoms with Crippen molar-refractivity contribution in [3.8, 4) is 0 Å². The fourth-order valence-corrected chi connectivity index (χ4v) is 4.41. The van der Waals surface area contributed by atoms with Crippen LogP contribution in [-0.2, 0) is 6.42 Å². The van der Waals surface area contributed by atoms with Gasteiger partial charge in [-0.2, -0.15) is 0 Å².